The van der Waals surface area contributed by atoms with Crippen LogP contribution in [0.25, 0.3) is 22.1 Å². The summed E-state index contributed by atoms with van der Waals surface area (Å²) in [6, 6.07) is 25.0. The van der Waals surface area contributed by atoms with Gasteiger partial charge in [0.05, 0.1) is 63.2 Å². The number of benzene rings is 6. The van der Waals surface area contributed by atoms with Gasteiger partial charge in [0.1, 0.15) is 11.5 Å². The number of hydrogen-bond acceptors (Lipinski definition) is 14. The van der Waals surface area contributed by atoms with Crippen molar-refractivity contribution in [1.82, 2.24) is 29.7 Å². The highest BCUT2D eigenvalue weighted by Crippen LogP contribution is 2.46. The van der Waals surface area contributed by atoms with Crippen LogP contribution in [0.1, 0.15) is 87.3 Å². The SMILES string of the molecule is CCC(=O)CS(=O)(=O)c1ccc(CNC(=O)c2ccc3c(c2)nc(C(F)(F)F)n3Cc2cccc3c2OC(F)(F)O3)cc1.CCS(=O)(=O)c1ccc([C@H](CC(N)=O)NC(=O)c2ccc3c(c2)nc(C(F)(F)F)n3Cc2cccc3c2OC(F)(F)O3)cc1. The molecule has 0 unspecified atom stereocenters. The minimum absolute atomic E-state index is 0.000119. The molecule has 0 saturated carbocycles. The zero-order valence-electron chi connectivity index (χ0n) is 44.9. The van der Waals surface area contributed by atoms with Gasteiger partial charge in [-0.25, -0.2) is 26.8 Å². The van der Waals surface area contributed by atoms with E-state index in [-0.39, 0.29) is 90.7 Å². The van der Waals surface area contributed by atoms with E-state index in [0.717, 1.165) is 15.2 Å². The molecule has 0 bridgehead atoms. The number of halogens is 10. The van der Waals surface area contributed by atoms with Gasteiger partial charge in [-0.05, 0) is 83.9 Å². The van der Waals surface area contributed by atoms with Gasteiger partial charge in [0, 0.05) is 35.2 Å². The predicted octanol–water partition coefficient (Wildman–Crippen LogP) is 9.67. The van der Waals surface area contributed by atoms with Gasteiger partial charge >= 0.3 is 24.9 Å². The van der Waals surface area contributed by atoms with Gasteiger partial charge in [-0.15, -0.1) is 17.6 Å². The Balaban J connectivity index is 0.000000208. The number of Topliss-reactive ketones (excluding diaryl/α,β-unsaturated/α-hetero) is 1. The topological polar surface area (TPSA) is 259 Å². The Bertz CT molecular complexity index is 4250. The minimum atomic E-state index is -4.95. The molecule has 0 radical (unpaired) electrons. The van der Waals surface area contributed by atoms with E-state index in [9.17, 15) is 79.9 Å². The number of ketones is 1. The quantitative estimate of drug-likeness (QED) is 0.0676. The summed E-state index contributed by atoms with van der Waals surface area (Å²) < 4.78 is 207. The number of nitrogens with zero attached hydrogens (tertiary/aromatic N) is 4. The second kappa shape index (κ2) is 23.5. The third-order valence-electron chi connectivity index (χ3n) is 13.4. The molecule has 8 aromatic rings. The normalized spacial score (nSPS) is 14.5. The zero-order chi connectivity index (χ0) is 63.2. The summed E-state index contributed by atoms with van der Waals surface area (Å²) in [5.74, 6) is -7.46. The Hall–Kier alpha value is -9.26. The van der Waals surface area contributed by atoms with Crippen LogP contribution in [0.2, 0.25) is 0 Å². The van der Waals surface area contributed by atoms with E-state index in [2.05, 4.69) is 39.5 Å². The molecule has 31 heteroatoms. The van der Waals surface area contributed by atoms with Gasteiger partial charge in [-0.1, -0.05) is 62.4 Å². The molecule has 2 aromatic heterocycles. The molecule has 19 nitrogen and oxygen atoms in total. The lowest BCUT2D eigenvalue weighted by Gasteiger charge is -2.18. The third kappa shape index (κ3) is 13.9. The Morgan fingerprint density at radius 1 is 0.609 bits per heavy atom. The Morgan fingerprint density at radius 3 is 1.52 bits per heavy atom. The van der Waals surface area contributed by atoms with Crippen LogP contribution in [0.3, 0.4) is 0 Å². The Morgan fingerprint density at radius 2 is 1.07 bits per heavy atom. The first-order valence-corrected chi connectivity index (χ1v) is 29.0. The molecule has 87 heavy (non-hydrogen) atoms. The number of alkyl halides is 10. The van der Waals surface area contributed by atoms with Crippen molar-refractivity contribution in [2.45, 2.75) is 87.1 Å². The molecule has 4 N–H and O–H groups in total. The molecule has 6 aromatic carbocycles. The number of rotatable bonds is 18. The molecule has 0 fully saturated rings. The maximum absolute atomic E-state index is 14.0. The van der Waals surface area contributed by atoms with Crippen molar-refractivity contribution in [3.63, 3.8) is 0 Å². The number of hydrogen-bond donors (Lipinski definition) is 3. The van der Waals surface area contributed by atoms with E-state index < -0.39 is 116 Å². The van der Waals surface area contributed by atoms with E-state index in [1.807, 2.05) is 0 Å². The Kier molecular flexibility index (Phi) is 16.9. The number of ether oxygens (including phenoxy) is 4. The molecule has 1 atom stereocenters. The van der Waals surface area contributed by atoms with Crippen molar-refractivity contribution in [1.29, 1.82) is 0 Å². The molecular formula is C56H45F10N7O12S2. The molecule has 0 spiro atoms. The van der Waals surface area contributed by atoms with Crippen LogP contribution in [-0.4, -0.2) is 83.5 Å². The molecule has 2 aliphatic heterocycles. The minimum Gasteiger partial charge on any atom is -0.395 e. The number of amides is 3. The first-order valence-electron chi connectivity index (χ1n) is 25.7. The first-order chi connectivity index (χ1) is 40.7. The highest BCUT2D eigenvalue weighted by atomic mass is 32.2. The van der Waals surface area contributed by atoms with E-state index in [4.69, 9.17) is 5.73 Å². The fourth-order valence-electron chi connectivity index (χ4n) is 9.20. The Labute approximate surface area is 485 Å². The smallest absolute Gasteiger partial charge is 0.395 e. The summed E-state index contributed by atoms with van der Waals surface area (Å²) >= 11 is 0. The van der Waals surface area contributed by atoms with Crippen LogP contribution >= 0.6 is 0 Å². The highest BCUT2D eigenvalue weighted by molar-refractivity contribution is 7.92. The number of primary amides is 1. The van der Waals surface area contributed by atoms with Crippen molar-refractivity contribution in [3.05, 3.63) is 166 Å². The van der Waals surface area contributed by atoms with Crippen LogP contribution in [0.4, 0.5) is 43.9 Å². The number of nitrogens with one attached hydrogen (secondary N) is 2. The summed E-state index contributed by atoms with van der Waals surface area (Å²) in [6.45, 7) is 1.92. The average Bonchev–Trinajstić information content (AvgIpc) is 1.68. The first kappa shape index (κ1) is 62.3. The monoisotopic (exact) mass is 1260 g/mol. The number of imidazole rings is 2. The average molecular weight is 1260 g/mol. The number of para-hydroxylation sites is 2. The van der Waals surface area contributed by atoms with Crippen LogP contribution in [0.15, 0.2) is 131 Å². The maximum atomic E-state index is 14.0. The summed E-state index contributed by atoms with van der Waals surface area (Å²) in [7, 11) is -7.30. The van der Waals surface area contributed by atoms with E-state index in [1.54, 1.807) is 6.92 Å². The van der Waals surface area contributed by atoms with Crippen molar-refractivity contribution in [2.24, 2.45) is 5.73 Å². The molecule has 0 aliphatic carbocycles. The fraction of sp³-hybridized carbons (Fsp3) is 0.250. The number of nitrogens with two attached hydrogens (primary N) is 1. The third-order valence-corrected chi connectivity index (χ3v) is 16.9. The number of sulfone groups is 2. The predicted molar refractivity (Wildman–Crippen MR) is 286 cm³/mol. The van der Waals surface area contributed by atoms with Gasteiger partial charge in [-0.2, -0.15) is 26.3 Å². The molecule has 458 valence electrons. The fourth-order valence-corrected chi connectivity index (χ4v) is 11.4. The van der Waals surface area contributed by atoms with Gasteiger partial charge in [-0.3, -0.25) is 19.2 Å². The zero-order valence-corrected chi connectivity index (χ0v) is 46.6. The maximum Gasteiger partial charge on any atom is 0.586 e. The second-order valence-corrected chi connectivity index (χ2v) is 23.7. The van der Waals surface area contributed by atoms with Gasteiger partial charge in [0.2, 0.25) is 17.6 Å². The largest absolute Gasteiger partial charge is 0.586 e. The highest BCUT2D eigenvalue weighted by Gasteiger charge is 2.47. The molecule has 0 saturated heterocycles. The van der Waals surface area contributed by atoms with Crippen LogP contribution in [0, 0.1) is 0 Å². The molecular weight excluding hydrogens is 1220 g/mol. The summed E-state index contributed by atoms with van der Waals surface area (Å²) in [5, 5.41) is 5.20. The molecule has 4 heterocycles. The van der Waals surface area contributed by atoms with Gasteiger partial charge in [0.25, 0.3) is 11.8 Å². The van der Waals surface area contributed by atoms with Crippen molar-refractivity contribution >= 4 is 65.2 Å². The van der Waals surface area contributed by atoms with E-state index in [1.165, 1.54) is 122 Å². The van der Waals surface area contributed by atoms with Crippen LogP contribution in [-0.2, 0) is 61.3 Å². The summed E-state index contributed by atoms with van der Waals surface area (Å²) in [5.41, 5.74) is 5.66. The van der Waals surface area contributed by atoms with Crippen LogP contribution < -0.4 is 35.3 Å². The number of carbonyl (C=O) groups is 4. The summed E-state index contributed by atoms with van der Waals surface area (Å²) in [4.78, 5) is 56.6. The summed E-state index contributed by atoms with van der Waals surface area (Å²) in [6.07, 6.45) is -18.1. The van der Waals surface area contributed by atoms with E-state index in [0.29, 0.717) is 11.1 Å². The molecule has 3 amide bonds. The lowest BCUT2D eigenvalue weighted by atomic mass is 10.0. The van der Waals surface area contributed by atoms with Crippen molar-refractivity contribution in [2.75, 3.05) is 11.5 Å². The van der Waals surface area contributed by atoms with Crippen molar-refractivity contribution < 1.29 is 98.9 Å². The standard InChI is InChI=1S/C28H23F5N4O6S.C28H22F5N3O6S/c1-2-44(40,41)18-9-6-15(7-10-18)19(13-23(34)38)35-25(39)16-8-11-21-20(12-16)36-26(27(29,30)31)37(21)14-17-4-3-5-22-24(17)43-28(32,33)42-22;1-2-19(37)15-43(39,40)20-9-6-16(7-10-20)13-34-25(38)17-8-11-22-21(12-17)35-26(27(29,30)31)36(22)14-18-4-3-5-23-24(18)42-28(32,33)41-23/h3-12,19H,2,13-14H2,1H3,(H2,34,38)(H,35,39);3-12H,2,13-15H2,1H3,(H,34,38)/t19-;/m0./s1. The van der Waals surface area contributed by atoms with E-state index >= 15 is 0 Å². The number of fused-ring (bicyclic) bond motifs is 4. The number of aromatic nitrogens is 4. The van der Waals surface area contributed by atoms with Crippen molar-refractivity contribution in [3.8, 4) is 23.0 Å². The molecule has 10 rings (SSSR count). The molecule has 2 aliphatic rings. The van der Waals surface area contributed by atoms with Gasteiger partial charge in [0.15, 0.2) is 42.7 Å². The second-order valence-electron chi connectivity index (χ2n) is 19.4. The van der Waals surface area contributed by atoms with Gasteiger partial charge < -0.3 is 44.4 Å². The lowest BCUT2D eigenvalue weighted by Crippen LogP contribution is -2.31. The number of carbonyl (C=O) groups excluding carboxylic acids is 4. The lowest BCUT2D eigenvalue weighted by molar-refractivity contribution is -0.287. The van der Waals surface area contributed by atoms with Crippen LogP contribution in [0.5, 0.6) is 23.0 Å².